The topological polar surface area (TPSA) is 85.0 Å². The van der Waals surface area contributed by atoms with Crippen LogP contribution in [-0.4, -0.2) is 22.1 Å². The Hall–Kier alpha value is -1.92. The van der Waals surface area contributed by atoms with Crippen molar-refractivity contribution >= 4 is 23.1 Å². The first-order valence-corrected chi connectivity index (χ1v) is 4.96. The van der Waals surface area contributed by atoms with Gasteiger partial charge in [0.25, 0.3) is 0 Å². The second-order valence-electron chi connectivity index (χ2n) is 3.42. The summed E-state index contributed by atoms with van der Waals surface area (Å²) < 4.78 is 0. The third kappa shape index (κ3) is 1.54. The van der Waals surface area contributed by atoms with E-state index in [4.69, 9.17) is 5.73 Å². The highest BCUT2D eigenvalue weighted by Crippen LogP contribution is 2.36. The molecule has 6 nitrogen and oxygen atoms in total. The van der Waals surface area contributed by atoms with Crippen LogP contribution in [0.4, 0.5) is 17.1 Å². The quantitative estimate of drug-likeness (QED) is 0.567. The highest BCUT2D eigenvalue weighted by atomic mass is 16.7. The second-order valence-corrected chi connectivity index (χ2v) is 3.42. The summed E-state index contributed by atoms with van der Waals surface area (Å²) in [6.45, 7) is 2.74. The first kappa shape index (κ1) is 10.6. The summed E-state index contributed by atoms with van der Waals surface area (Å²) in [6.07, 6.45) is 3.01. The Labute approximate surface area is 93.1 Å². The summed E-state index contributed by atoms with van der Waals surface area (Å²) in [7, 11) is 0. The van der Waals surface area contributed by atoms with Gasteiger partial charge in [-0.15, -0.1) is 10.3 Å². The molecule has 6 heteroatoms. The number of nitrogens with zero attached hydrogens (tertiary/aromatic N) is 2. The lowest BCUT2D eigenvalue weighted by atomic mass is 10.1. The van der Waals surface area contributed by atoms with Gasteiger partial charge in [0.2, 0.25) is 0 Å². The molecule has 0 spiro atoms. The number of nitrogen functional groups attached to an aromatic ring is 1. The number of hydrogen-bond donors (Lipinski definition) is 4. The molecule has 0 radical (unpaired) electrons. The number of nitrogens with two attached hydrogens (primary N) is 1. The fourth-order valence-electron chi connectivity index (χ4n) is 1.67. The Morgan fingerprint density at radius 1 is 1.38 bits per heavy atom. The number of rotatable bonds is 2. The fraction of sp³-hybridized carbons (Fsp3) is 0.200. The van der Waals surface area contributed by atoms with Crippen molar-refractivity contribution in [3.05, 3.63) is 23.9 Å². The molecule has 0 aromatic heterocycles. The zero-order chi connectivity index (χ0) is 11.7. The second kappa shape index (κ2) is 3.92. The molecule has 0 unspecified atom stereocenters. The monoisotopic (exact) mass is 222 g/mol. The molecule has 0 aliphatic carbocycles. The lowest BCUT2D eigenvalue weighted by Gasteiger charge is -2.30. The lowest BCUT2D eigenvalue weighted by Crippen LogP contribution is -2.36. The average Bonchev–Trinajstić information content (AvgIpc) is 2.27. The number of hydroxylamine groups is 1. The van der Waals surface area contributed by atoms with E-state index in [1.807, 2.05) is 13.0 Å². The molecular weight excluding hydrogens is 208 g/mol. The minimum absolute atomic E-state index is 0.364. The molecule has 1 aliphatic rings. The lowest BCUT2D eigenvalue weighted by molar-refractivity contribution is -0.122. The van der Waals surface area contributed by atoms with Crippen molar-refractivity contribution in [1.82, 2.24) is 5.17 Å². The highest BCUT2D eigenvalue weighted by molar-refractivity contribution is 5.87. The number of nitrogens with one attached hydrogen (secondary N) is 1. The van der Waals surface area contributed by atoms with Crippen LogP contribution in [0.5, 0.6) is 0 Å². The summed E-state index contributed by atoms with van der Waals surface area (Å²) in [6, 6.07) is 3.51. The molecule has 0 fully saturated rings. The molecule has 2 rings (SSSR count). The number of fused-ring (bicyclic) bond motifs is 1. The average molecular weight is 222 g/mol. The van der Waals surface area contributed by atoms with E-state index in [2.05, 4.69) is 5.32 Å². The van der Waals surface area contributed by atoms with Crippen LogP contribution in [0.15, 0.2) is 18.3 Å². The maximum Gasteiger partial charge on any atom is 0.122 e. The summed E-state index contributed by atoms with van der Waals surface area (Å²) in [4.78, 5) is 0. The van der Waals surface area contributed by atoms with Gasteiger partial charge in [-0.1, -0.05) is 0 Å². The van der Waals surface area contributed by atoms with Crippen molar-refractivity contribution in [2.45, 2.75) is 6.92 Å². The predicted octanol–water partition coefficient (Wildman–Crippen LogP) is 1.49. The van der Waals surface area contributed by atoms with Crippen LogP contribution in [0.25, 0.3) is 6.08 Å². The van der Waals surface area contributed by atoms with Gasteiger partial charge in [-0.25, -0.2) is 0 Å². The largest absolute Gasteiger partial charge is 0.397 e. The Bertz CT molecular complexity index is 433. The maximum atomic E-state index is 9.65. The van der Waals surface area contributed by atoms with Crippen molar-refractivity contribution in [2.24, 2.45) is 0 Å². The molecule has 0 saturated carbocycles. The number of benzene rings is 1. The molecule has 0 amide bonds. The van der Waals surface area contributed by atoms with Crippen LogP contribution in [0.2, 0.25) is 0 Å². The van der Waals surface area contributed by atoms with Crippen LogP contribution in [-0.2, 0) is 0 Å². The van der Waals surface area contributed by atoms with E-state index < -0.39 is 0 Å². The van der Waals surface area contributed by atoms with Gasteiger partial charge >= 0.3 is 0 Å². The van der Waals surface area contributed by atoms with Gasteiger partial charge < -0.3 is 11.1 Å². The van der Waals surface area contributed by atoms with E-state index in [0.29, 0.717) is 21.7 Å². The Morgan fingerprint density at radius 3 is 2.81 bits per heavy atom. The van der Waals surface area contributed by atoms with Gasteiger partial charge in [0.05, 0.1) is 11.9 Å². The van der Waals surface area contributed by atoms with Crippen molar-refractivity contribution in [3.8, 4) is 0 Å². The summed E-state index contributed by atoms with van der Waals surface area (Å²) >= 11 is 0. The third-order valence-corrected chi connectivity index (χ3v) is 2.38. The third-order valence-electron chi connectivity index (χ3n) is 2.38. The SMILES string of the molecule is CCNc1ccc(N)c2c1C=CN(O)N2O. The normalized spacial score (nSPS) is 13.9. The minimum Gasteiger partial charge on any atom is -0.397 e. The van der Waals surface area contributed by atoms with Gasteiger partial charge in [-0.2, -0.15) is 0 Å². The van der Waals surface area contributed by atoms with Crippen LogP contribution in [0.1, 0.15) is 12.5 Å². The van der Waals surface area contributed by atoms with E-state index in [0.717, 1.165) is 17.8 Å². The summed E-state index contributed by atoms with van der Waals surface area (Å²) in [5.41, 5.74) is 8.12. The van der Waals surface area contributed by atoms with E-state index in [1.165, 1.54) is 6.20 Å². The first-order chi connectivity index (χ1) is 7.65. The molecular formula is C10H14N4O2. The number of anilines is 3. The van der Waals surface area contributed by atoms with Crippen LogP contribution < -0.4 is 16.2 Å². The van der Waals surface area contributed by atoms with Crippen molar-refractivity contribution in [3.63, 3.8) is 0 Å². The zero-order valence-electron chi connectivity index (χ0n) is 8.88. The van der Waals surface area contributed by atoms with E-state index in [-0.39, 0.29) is 0 Å². The zero-order valence-corrected chi connectivity index (χ0v) is 8.88. The minimum atomic E-state index is 0.364. The molecule has 16 heavy (non-hydrogen) atoms. The van der Waals surface area contributed by atoms with Crippen LogP contribution in [0, 0.1) is 0 Å². The molecule has 1 aromatic carbocycles. The molecule has 0 bridgehead atoms. The molecule has 0 atom stereocenters. The van der Waals surface area contributed by atoms with E-state index in [1.54, 1.807) is 12.1 Å². The van der Waals surface area contributed by atoms with Gasteiger partial charge in [0, 0.05) is 17.8 Å². The Balaban J connectivity index is 2.56. The standard InChI is InChI=1S/C10H14N4O2/c1-2-12-9-4-3-8(11)10-7(9)5-6-13(15)14(10)16/h3-6,12,15-16H,2,11H2,1H3. The van der Waals surface area contributed by atoms with Crippen molar-refractivity contribution in [1.29, 1.82) is 0 Å². The Morgan fingerprint density at radius 2 is 2.12 bits per heavy atom. The highest BCUT2D eigenvalue weighted by Gasteiger charge is 2.21. The molecule has 1 aliphatic heterocycles. The van der Waals surface area contributed by atoms with Gasteiger partial charge in [-0.05, 0) is 25.1 Å². The maximum absolute atomic E-state index is 9.65. The Kier molecular flexibility index (Phi) is 2.59. The fourth-order valence-corrected chi connectivity index (χ4v) is 1.67. The van der Waals surface area contributed by atoms with E-state index >= 15 is 0 Å². The smallest absolute Gasteiger partial charge is 0.122 e. The summed E-state index contributed by atoms with van der Waals surface area (Å²) in [5, 5.41) is 23.3. The molecule has 1 aromatic rings. The number of hydrazine groups is 1. The van der Waals surface area contributed by atoms with Crippen molar-refractivity contribution in [2.75, 3.05) is 22.8 Å². The summed E-state index contributed by atoms with van der Waals surface area (Å²) in [5.74, 6) is 0. The molecule has 86 valence electrons. The van der Waals surface area contributed by atoms with Gasteiger partial charge in [-0.3, -0.25) is 10.4 Å². The van der Waals surface area contributed by atoms with Gasteiger partial charge in [0.15, 0.2) is 0 Å². The van der Waals surface area contributed by atoms with E-state index in [9.17, 15) is 10.4 Å². The first-order valence-electron chi connectivity index (χ1n) is 4.96. The molecule has 1 heterocycles. The van der Waals surface area contributed by atoms with Crippen LogP contribution in [0.3, 0.4) is 0 Å². The van der Waals surface area contributed by atoms with Crippen LogP contribution >= 0.6 is 0 Å². The van der Waals surface area contributed by atoms with Crippen molar-refractivity contribution < 1.29 is 10.4 Å². The number of hydrogen-bond acceptors (Lipinski definition) is 6. The van der Waals surface area contributed by atoms with Gasteiger partial charge in [0.1, 0.15) is 5.69 Å². The molecule has 0 saturated heterocycles. The predicted molar refractivity (Wildman–Crippen MR) is 61.9 cm³/mol. The molecule has 5 N–H and O–H groups in total.